The Hall–Kier alpha value is -2.73. The molecule has 1 unspecified atom stereocenters. The molecule has 1 aliphatic rings. The fourth-order valence-electron chi connectivity index (χ4n) is 3.59. The summed E-state index contributed by atoms with van der Waals surface area (Å²) in [6.45, 7) is 5.31. The standard InChI is InChI=1S/C21H24N4O2/c1-14-18(11-21(26)22-13-17-9-6-10-27-17)15(2)25-20(23-14)12-19(24-25)16-7-4-3-5-8-16/h3-5,7-8,12,17H,6,9-11,13H2,1-2H3,(H,22,26). The first-order chi connectivity index (χ1) is 13.1. The van der Waals surface area contributed by atoms with Crippen LogP contribution < -0.4 is 5.32 Å². The Bertz CT molecular complexity index is 959. The van der Waals surface area contributed by atoms with Crippen LogP contribution in [0.25, 0.3) is 16.9 Å². The van der Waals surface area contributed by atoms with Gasteiger partial charge < -0.3 is 10.1 Å². The van der Waals surface area contributed by atoms with Crippen molar-refractivity contribution in [3.8, 4) is 11.3 Å². The van der Waals surface area contributed by atoms with Gasteiger partial charge in [0, 0.05) is 41.7 Å². The second-order valence-electron chi connectivity index (χ2n) is 7.04. The Labute approximate surface area is 158 Å². The molecule has 4 rings (SSSR count). The number of hydrogen-bond acceptors (Lipinski definition) is 4. The summed E-state index contributed by atoms with van der Waals surface area (Å²) in [4.78, 5) is 17.1. The first-order valence-corrected chi connectivity index (χ1v) is 9.41. The lowest BCUT2D eigenvalue weighted by Crippen LogP contribution is -2.33. The maximum absolute atomic E-state index is 12.4. The van der Waals surface area contributed by atoms with Gasteiger partial charge in [0.1, 0.15) is 0 Å². The molecular formula is C21H24N4O2. The van der Waals surface area contributed by atoms with Crippen LogP contribution in [0.15, 0.2) is 36.4 Å². The van der Waals surface area contributed by atoms with E-state index in [9.17, 15) is 4.79 Å². The molecule has 1 fully saturated rings. The highest BCUT2D eigenvalue weighted by molar-refractivity contribution is 5.79. The van der Waals surface area contributed by atoms with Crippen molar-refractivity contribution in [2.75, 3.05) is 13.2 Å². The second-order valence-corrected chi connectivity index (χ2v) is 7.04. The van der Waals surface area contributed by atoms with Crippen LogP contribution in [0, 0.1) is 13.8 Å². The molecule has 0 saturated carbocycles. The second kappa shape index (κ2) is 7.48. The van der Waals surface area contributed by atoms with E-state index in [1.807, 2.05) is 54.8 Å². The molecule has 1 N–H and O–H groups in total. The van der Waals surface area contributed by atoms with Gasteiger partial charge in [0.15, 0.2) is 5.65 Å². The zero-order valence-electron chi connectivity index (χ0n) is 15.7. The quantitative estimate of drug-likeness (QED) is 0.756. The lowest BCUT2D eigenvalue weighted by molar-refractivity contribution is -0.121. The number of rotatable bonds is 5. The zero-order chi connectivity index (χ0) is 18.8. The molecule has 0 aliphatic carbocycles. The van der Waals surface area contributed by atoms with Gasteiger partial charge >= 0.3 is 0 Å². The van der Waals surface area contributed by atoms with Crippen molar-refractivity contribution in [3.63, 3.8) is 0 Å². The maximum atomic E-state index is 12.4. The third-order valence-electron chi connectivity index (χ3n) is 5.12. The number of aromatic nitrogens is 3. The van der Waals surface area contributed by atoms with Gasteiger partial charge in [-0.2, -0.15) is 5.10 Å². The highest BCUT2D eigenvalue weighted by Gasteiger charge is 2.18. The van der Waals surface area contributed by atoms with E-state index in [0.29, 0.717) is 13.0 Å². The minimum Gasteiger partial charge on any atom is -0.376 e. The summed E-state index contributed by atoms with van der Waals surface area (Å²) < 4.78 is 7.39. The Morgan fingerprint density at radius 1 is 1.30 bits per heavy atom. The molecule has 6 heteroatoms. The molecule has 2 aromatic heterocycles. The first-order valence-electron chi connectivity index (χ1n) is 9.41. The van der Waals surface area contributed by atoms with Crippen molar-refractivity contribution in [3.05, 3.63) is 53.3 Å². The molecule has 1 aliphatic heterocycles. The average molecular weight is 364 g/mol. The minimum absolute atomic E-state index is 0.00621. The Balaban J connectivity index is 1.56. The Kier molecular flexibility index (Phi) is 4.90. The summed E-state index contributed by atoms with van der Waals surface area (Å²) in [5.41, 5.74) is 5.47. The number of hydrogen-bond donors (Lipinski definition) is 1. The van der Waals surface area contributed by atoms with E-state index in [0.717, 1.165) is 53.3 Å². The summed E-state index contributed by atoms with van der Waals surface area (Å²) in [5, 5.41) is 7.69. The smallest absolute Gasteiger partial charge is 0.224 e. The maximum Gasteiger partial charge on any atom is 0.224 e. The summed E-state index contributed by atoms with van der Waals surface area (Å²) in [6.07, 6.45) is 2.54. The Morgan fingerprint density at radius 3 is 2.85 bits per heavy atom. The predicted octanol–water partition coefficient (Wildman–Crippen LogP) is 2.85. The predicted molar refractivity (Wildman–Crippen MR) is 104 cm³/mol. The van der Waals surface area contributed by atoms with Gasteiger partial charge in [-0.3, -0.25) is 4.79 Å². The number of benzene rings is 1. The molecular weight excluding hydrogens is 340 g/mol. The SMILES string of the molecule is Cc1nc2cc(-c3ccccc3)nn2c(C)c1CC(=O)NCC1CCCO1. The number of ether oxygens (including phenoxy) is 1. The van der Waals surface area contributed by atoms with E-state index in [1.54, 1.807) is 0 Å². The van der Waals surface area contributed by atoms with Crippen molar-refractivity contribution >= 4 is 11.6 Å². The summed E-state index contributed by atoms with van der Waals surface area (Å²) in [7, 11) is 0. The molecule has 6 nitrogen and oxygen atoms in total. The van der Waals surface area contributed by atoms with Crippen molar-refractivity contribution in [2.24, 2.45) is 0 Å². The van der Waals surface area contributed by atoms with Crippen LogP contribution >= 0.6 is 0 Å². The van der Waals surface area contributed by atoms with Crippen LogP contribution in [0.5, 0.6) is 0 Å². The molecule has 0 radical (unpaired) electrons. The summed E-state index contributed by atoms with van der Waals surface area (Å²) in [6, 6.07) is 12.0. The molecule has 1 aromatic carbocycles. The third-order valence-corrected chi connectivity index (χ3v) is 5.12. The number of amides is 1. The number of fused-ring (bicyclic) bond motifs is 1. The fourth-order valence-corrected chi connectivity index (χ4v) is 3.59. The van der Waals surface area contributed by atoms with Gasteiger partial charge in [-0.1, -0.05) is 30.3 Å². The number of carbonyl (C=O) groups is 1. The van der Waals surface area contributed by atoms with Crippen LogP contribution in [-0.2, 0) is 16.0 Å². The average Bonchev–Trinajstić information content (AvgIpc) is 3.34. The largest absolute Gasteiger partial charge is 0.376 e. The van der Waals surface area contributed by atoms with E-state index in [1.165, 1.54) is 0 Å². The normalized spacial score (nSPS) is 16.7. The highest BCUT2D eigenvalue weighted by atomic mass is 16.5. The number of nitrogens with zero attached hydrogens (tertiary/aromatic N) is 3. The third kappa shape index (κ3) is 3.71. The van der Waals surface area contributed by atoms with Crippen LogP contribution in [0.3, 0.4) is 0 Å². The minimum atomic E-state index is -0.00621. The van der Waals surface area contributed by atoms with Crippen molar-refractivity contribution in [1.29, 1.82) is 0 Å². The van der Waals surface area contributed by atoms with Gasteiger partial charge in [0.05, 0.1) is 18.2 Å². The van der Waals surface area contributed by atoms with Gasteiger partial charge in [-0.25, -0.2) is 9.50 Å². The molecule has 3 heterocycles. The summed E-state index contributed by atoms with van der Waals surface area (Å²) in [5.74, 6) is -0.00621. The lowest BCUT2D eigenvalue weighted by atomic mass is 10.1. The van der Waals surface area contributed by atoms with E-state index in [-0.39, 0.29) is 12.0 Å². The molecule has 1 amide bonds. The number of carbonyl (C=O) groups excluding carboxylic acids is 1. The molecule has 27 heavy (non-hydrogen) atoms. The van der Waals surface area contributed by atoms with Crippen molar-refractivity contribution in [1.82, 2.24) is 19.9 Å². The van der Waals surface area contributed by atoms with Crippen LogP contribution in [-0.4, -0.2) is 39.8 Å². The number of nitrogens with one attached hydrogen (secondary N) is 1. The van der Waals surface area contributed by atoms with Crippen LogP contribution in [0.2, 0.25) is 0 Å². The fraction of sp³-hybridized carbons (Fsp3) is 0.381. The van der Waals surface area contributed by atoms with E-state index < -0.39 is 0 Å². The molecule has 1 atom stereocenters. The zero-order valence-corrected chi connectivity index (χ0v) is 15.7. The van der Waals surface area contributed by atoms with Crippen molar-refractivity contribution in [2.45, 2.75) is 39.2 Å². The van der Waals surface area contributed by atoms with Crippen molar-refractivity contribution < 1.29 is 9.53 Å². The highest BCUT2D eigenvalue weighted by Crippen LogP contribution is 2.22. The van der Waals surface area contributed by atoms with E-state index in [4.69, 9.17) is 9.84 Å². The van der Waals surface area contributed by atoms with Crippen LogP contribution in [0.4, 0.5) is 0 Å². The molecule has 0 spiro atoms. The van der Waals surface area contributed by atoms with E-state index >= 15 is 0 Å². The van der Waals surface area contributed by atoms with Gasteiger partial charge in [-0.15, -0.1) is 0 Å². The topological polar surface area (TPSA) is 68.5 Å². The van der Waals surface area contributed by atoms with Crippen LogP contribution in [0.1, 0.15) is 29.8 Å². The van der Waals surface area contributed by atoms with Gasteiger partial charge in [-0.05, 0) is 26.7 Å². The van der Waals surface area contributed by atoms with Gasteiger partial charge in [0.25, 0.3) is 0 Å². The molecule has 3 aromatic rings. The molecule has 0 bridgehead atoms. The number of aryl methyl sites for hydroxylation is 2. The van der Waals surface area contributed by atoms with Gasteiger partial charge in [0.2, 0.25) is 5.91 Å². The monoisotopic (exact) mass is 364 g/mol. The first kappa shape index (κ1) is 17.7. The lowest BCUT2D eigenvalue weighted by Gasteiger charge is -2.13. The summed E-state index contributed by atoms with van der Waals surface area (Å²) >= 11 is 0. The molecule has 1 saturated heterocycles. The van der Waals surface area contributed by atoms with E-state index in [2.05, 4.69) is 10.3 Å². The molecule has 140 valence electrons. The Morgan fingerprint density at radius 2 is 2.11 bits per heavy atom.